The summed E-state index contributed by atoms with van der Waals surface area (Å²) in [5, 5.41) is 2.72. The number of methoxy groups -OCH3 is 2. The van der Waals surface area contributed by atoms with Gasteiger partial charge in [-0.3, -0.25) is 4.79 Å². The Labute approximate surface area is 159 Å². The molecule has 0 aliphatic carbocycles. The van der Waals surface area contributed by atoms with Gasteiger partial charge in [0.05, 0.1) is 14.2 Å². The molecule has 0 aliphatic heterocycles. The summed E-state index contributed by atoms with van der Waals surface area (Å²) in [6.45, 7) is 0. The number of carbonyl (C=O) groups excluding carboxylic acids is 1. The lowest BCUT2D eigenvalue weighted by Gasteiger charge is -2.15. The number of hydrogen-bond donors (Lipinski definition) is 1. The highest BCUT2D eigenvalue weighted by Gasteiger charge is 2.22. The second-order valence-corrected chi connectivity index (χ2v) is 7.87. The molecule has 0 radical (unpaired) electrons. The van der Waals surface area contributed by atoms with Gasteiger partial charge >= 0.3 is 0 Å². The predicted molar refractivity (Wildman–Crippen MR) is 105 cm³/mol. The molecule has 2 rings (SSSR count). The second-order valence-electron chi connectivity index (χ2n) is 5.75. The zero-order valence-electron chi connectivity index (χ0n) is 15.6. The van der Waals surface area contributed by atoms with Crippen molar-refractivity contribution >= 4 is 27.7 Å². The Bertz CT molecular complexity index is 935. The molecule has 0 fully saturated rings. The van der Waals surface area contributed by atoms with Crippen molar-refractivity contribution in [3.05, 3.63) is 54.1 Å². The molecule has 0 saturated heterocycles. The second kappa shape index (κ2) is 8.70. The van der Waals surface area contributed by atoms with Gasteiger partial charge < -0.3 is 14.8 Å². The molecule has 1 amide bonds. The van der Waals surface area contributed by atoms with Crippen LogP contribution in [0.5, 0.6) is 11.5 Å². The first-order valence-electron chi connectivity index (χ1n) is 8.01. The van der Waals surface area contributed by atoms with E-state index < -0.39 is 10.0 Å². The van der Waals surface area contributed by atoms with E-state index in [2.05, 4.69) is 5.32 Å². The topological polar surface area (TPSA) is 84.9 Å². The molecule has 144 valence electrons. The van der Waals surface area contributed by atoms with E-state index >= 15 is 0 Å². The van der Waals surface area contributed by atoms with Crippen LogP contribution in [0.25, 0.3) is 6.08 Å². The highest BCUT2D eigenvalue weighted by Crippen LogP contribution is 2.27. The molecule has 0 aromatic heterocycles. The van der Waals surface area contributed by atoms with E-state index in [9.17, 15) is 13.2 Å². The normalized spacial score (nSPS) is 11.6. The molecule has 2 aromatic carbocycles. The minimum absolute atomic E-state index is 0.0349. The Balaban J connectivity index is 2.19. The summed E-state index contributed by atoms with van der Waals surface area (Å²) < 4.78 is 36.2. The summed E-state index contributed by atoms with van der Waals surface area (Å²) in [7, 11) is 2.18. The lowest BCUT2D eigenvalue weighted by molar-refractivity contribution is -0.111. The van der Waals surface area contributed by atoms with Crippen molar-refractivity contribution in [2.75, 3.05) is 33.6 Å². The summed E-state index contributed by atoms with van der Waals surface area (Å²) in [5.41, 5.74) is 1.18. The lowest BCUT2D eigenvalue weighted by atomic mass is 10.2. The van der Waals surface area contributed by atoms with Crippen LogP contribution in [-0.4, -0.2) is 46.9 Å². The molecular weight excluding hydrogens is 368 g/mol. The van der Waals surface area contributed by atoms with E-state index in [-0.39, 0.29) is 16.6 Å². The number of sulfonamides is 1. The van der Waals surface area contributed by atoms with Crippen molar-refractivity contribution in [2.24, 2.45) is 0 Å². The van der Waals surface area contributed by atoms with E-state index in [0.717, 1.165) is 4.31 Å². The third kappa shape index (κ3) is 5.08. The van der Waals surface area contributed by atoms with Crippen LogP contribution in [0.2, 0.25) is 0 Å². The van der Waals surface area contributed by atoms with Crippen LogP contribution in [0.4, 0.5) is 5.69 Å². The fourth-order valence-corrected chi connectivity index (χ4v) is 3.31. The van der Waals surface area contributed by atoms with Gasteiger partial charge in [0.2, 0.25) is 15.9 Å². The van der Waals surface area contributed by atoms with Crippen LogP contribution in [0.1, 0.15) is 5.56 Å². The standard InChI is InChI=1S/C19H22N2O5S/c1-21(2)27(23,24)18-13-14(5-11-17(18)26-4)6-12-19(22)20-15-7-9-16(25-3)10-8-15/h5-13H,1-4H3,(H,20,22)/b12-6+. The third-order valence-electron chi connectivity index (χ3n) is 3.73. The summed E-state index contributed by atoms with van der Waals surface area (Å²) in [4.78, 5) is 12.1. The van der Waals surface area contributed by atoms with Gasteiger partial charge in [0, 0.05) is 25.9 Å². The van der Waals surface area contributed by atoms with Gasteiger partial charge in [-0.15, -0.1) is 0 Å². The Kier molecular flexibility index (Phi) is 6.59. The van der Waals surface area contributed by atoms with Gasteiger partial charge in [-0.1, -0.05) is 6.07 Å². The molecule has 0 heterocycles. The highest BCUT2D eigenvalue weighted by molar-refractivity contribution is 7.89. The van der Waals surface area contributed by atoms with Crippen molar-refractivity contribution in [2.45, 2.75) is 4.90 Å². The number of hydrogen-bond acceptors (Lipinski definition) is 5. The van der Waals surface area contributed by atoms with Crippen LogP contribution in [0, 0.1) is 0 Å². The maximum absolute atomic E-state index is 12.4. The highest BCUT2D eigenvalue weighted by atomic mass is 32.2. The largest absolute Gasteiger partial charge is 0.497 e. The fraction of sp³-hybridized carbons (Fsp3) is 0.211. The van der Waals surface area contributed by atoms with Crippen molar-refractivity contribution in [1.29, 1.82) is 0 Å². The number of anilines is 1. The first-order valence-corrected chi connectivity index (χ1v) is 9.45. The Morgan fingerprint density at radius 3 is 2.26 bits per heavy atom. The Morgan fingerprint density at radius 2 is 1.70 bits per heavy atom. The van der Waals surface area contributed by atoms with Crippen LogP contribution in [0.15, 0.2) is 53.4 Å². The minimum atomic E-state index is -3.67. The molecule has 0 atom stereocenters. The molecule has 8 heteroatoms. The molecule has 1 N–H and O–H groups in total. The summed E-state index contributed by atoms with van der Waals surface area (Å²) in [6.07, 6.45) is 2.87. The van der Waals surface area contributed by atoms with Crippen molar-refractivity contribution in [3.63, 3.8) is 0 Å². The van der Waals surface area contributed by atoms with E-state index in [1.54, 1.807) is 43.5 Å². The van der Waals surface area contributed by atoms with E-state index in [0.29, 0.717) is 17.0 Å². The van der Waals surface area contributed by atoms with Crippen LogP contribution < -0.4 is 14.8 Å². The Morgan fingerprint density at radius 1 is 1.04 bits per heavy atom. The van der Waals surface area contributed by atoms with E-state index in [1.165, 1.54) is 39.4 Å². The quantitative estimate of drug-likeness (QED) is 0.735. The predicted octanol–water partition coefficient (Wildman–Crippen LogP) is 2.61. The van der Waals surface area contributed by atoms with Crippen LogP contribution in [0.3, 0.4) is 0 Å². The lowest BCUT2D eigenvalue weighted by Crippen LogP contribution is -2.22. The first kappa shape index (κ1) is 20.5. The minimum Gasteiger partial charge on any atom is -0.497 e. The van der Waals surface area contributed by atoms with Crippen molar-refractivity contribution in [1.82, 2.24) is 4.31 Å². The van der Waals surface area contributed by atoms with Crippen LogP contribution in [-0.2, 0) is 14.8 Å². The number of amides is 1. The number of nitrogens with one attached hydrogen (secondary N) is 1. The summed E-state index contributed by atoms with van der Waals surface area (Å²) in [5.74, 6) is 0.591. The molecular formula is C19H22N2O5S. The van der Waals surface area contributed by atoms with Gasteiger partial charge in [-0.25, -0.2) is 12.7 Å². The average Bonchev–Trinajstić information content (AvgIpc) is 2.66. The molecule has 27 heavy (non-hydrogen) atoms. The van der Waals surface area contributed by atoms with Gasteiger partial charge in [-0.05, 0) is 48.0 Å². The Hall–Kier alpha value is -2.84. The summed E-state index contributed by atoms with van der Waals surface area (Å²) >= 11 is 0. The van der Waals surface area contributed by atoms with Crippen molar-refractivity contribution < 1.29 is 22.7 Å². The fourth-order valence-electron chi connectivity index (χ4n) is 2.23. The molecule has 0 saturated carbocycles. The van der Waals surface area contributed by atoms with Crippen molar-refractivity contribution in [3.8, 4) is 11.5 Å². The number of nitrogens with zero attached hydrogens (tertiary/aromatic N) is 1. The zero-order chi connectivity index (χ0) is 20.0. The monoisotopic (exact) mass is 390 g/mol. The van der Waals surface area contributed by atoms with Crippen LogP contribution >= 0.6 is 0 Å². The van der Waals surface area contributed by atoms with Gasteiger partial charge in [-0.2, -0.15) is 0 Å². The van der Waals surface area contributed by atoms with Gasteiger partial charge in [0.25, 0.3) is 0 Å². The number of rotatable bonds is 7. The SMILES string of the molecule is COc1ccc(NC(=O)/C=C/c2ccc(OC)c(S(=O)(=O)N(C)C)c2)cc1. The van der Waals surface area contributed by atoms with E-state index in [1.807, 2.05) is 0 Å². The molecule has 0 bridgehead atoms. The molecule has 2 aromatic rings. The third-order valence-corrected chi connectivity index (χ3v) is 5.57. The zero-order valence-corrected chi connectivity index (χ0v) is 16.4. The number of ether oxygens (including phenoxy) is 2. The maximum atomic E-state index is 12.4. The molecule has 0 unspecified atom stereocenters. The van der Waals surface area contributed by atoms with E-state index in [4.69, 9.17) is 9.47 Å². The molecule has 0 aliphatic rings. The van der Waals surface area contributed by atoms with Gasteiger partial charge in [0.1, 0.15) is 16.4 Å². The smallest absolute Gasteiger partial charge is 0.248 e. The molecule has 0 spiro atoms. The first-order chi connectivity index (χ1) is 12.8. The number of carbonyl (C=O) groups is 1. The summed E-state index contributed by atoms with van der Waals surface area (Å²) in [6, 6.07) is 11.6. The average molecular weight is 390 g/mol. The molecule has 7 nitrogen and oxygen atoms in total. The van der Waals surface area contributed by atoms with Gasteiger partial charge in [0.15, 0.2) is 0 Å². The maximum Gasteiger partial charge on any atom is 0.248 e. The number of benzene rings is 2.